The standard InChI is InChI=1S/C13H15F4N5O4/c1-3-8(20-6(2)4-9(19-20)22(25)26)11(23)21-13(24,12(16)17)5-7(18-21)10(14)15/h4,8,10,12,24H,3,5H2,1-2H3. The highest BCUT2D eigenvalue weighted by Gasteiger charge is 2.54. The molecule has 0 saturated heterocycles. The molecule has 2 heterocycles. The number of nitrogens with zero attached hydrogens (tertiary/aromatic N) is 5. The molecular formula is C13H15F4N5O4. The third kappa shape index (κ3) is 3.25. The Morgan fingerprint density at radius 2 is 2.08 bits per heavy atom. The number of alkyl halides is 4. The van der Waals surface area contributed by atoms with Crippen LogP contribution in [0.5, 0.6) is 0 Å². The molecule has 0 aliphatic carbocycles. The van der Waals surface area contributed by atoms with Crippen molar-refractivity contribution in [3.63, 3.8) is 0 Å². The van der Waals surface area contributed by atoms with Gasteiger partial charge in [0.05, 0.1) is 16.9 Å². The Morgan fingerprint density at radius 3 is 2.50 bits per heavy atom. The predicted molar refractivity (Wildman–Crippen MR) is 78.8 cm³/mol. The highest BCUT2D eigenvalue weighted by atomic mass is 19.3. The SMILES string of the molecule is CCC(C(=O)N1N=C(C(F)F)CC1(O)C(F)F)n1nc([N+](=O)[O-])cc1C. The Bertz CT molecular complexity index is 753. The van der Waals surface area contributed by atoms with Gasteiger partial charge in [0.15, 0.2) is 6.04 Å². The maximum absolute atomic E-state index is 13.3. The molecule has 2 rings (SSSR count). The molecule has 0 radical (unpaired) electrons. The molecule has 1 aliphatic rings. The molecule has 1 aliphatic heterocycles. The van der Waals surface area contributed by atoms with Gasteiger partial charge in [-0.1, -0.05) is 6.92 Å². The van der Waals surface area contributed by atoms with Gasteiger partial charge in [-0.2, -0.15) is 14.8 Å². The first-order valence-electron chi connectivity index (χ1n) is 7.43. The number of aliphatic hydroxyl groups is 1. The minimum atomic E-state index is -3.56. The van der Waals surface area contributed by atoms with E-state index in [-0.39, 0.29) is 17.1 Å². The van der Waals surface area contributed by atoms with Crippen LogP contribution in [-0.2, 0) is 4.79 Å². The second kappa shape index (κ2) is 6.97. The zero-order valence-electron chi connectivity index (χ0n) is 13.6. The number of hydrogen-bond acceptors (Lipinski definition) is 6. The van der Waals surface area contributed by atoms with Crippen molar-refractivity contribution in [1.29, 1.82) is 0 Å². The van der Waals surface area contributed by atoms with E-state index in [1.807, 2.05) is 0 Å². The number of aromatic nitrogens is 2. The van der Waals surface area contributed by atoms with Crippen molar-refractivity contribution < 1.29 is 32.4 Å². The van der Waals surface area contributed by atoms with Crippen molar-refractivity contribution in [2.24, 2.45) is 5.10 Å². The van der Waals surface area contributed by atoms with Gasteiger partial charge in [-0.15, -0.1) is 0 Å². The second-order valence-corrected chi connectivity index (χ2v) is 5.67. The molecule has 1 N–H and O–H groups in total. The number of halogens is 4. The molecule has 1 aromatic heterocycles. The zero-order valence-corrected chi connectivity index (χ0v) is 13.6. The van der Waals surface area contributed by atoms with Crippen LogP contribution in [0.3, 0.4) is 0 Å². The average Bonchev–Trinajstić information content (AvgIpc) is 3.10. The quantitative estimate of drug-likeness (QED) is 0.459. The fraction of sp³-hybridized carbons (Fsp3) is 0.615. The van der Waals surface area contributed by atoms with E-state index in [0.29, 0.717) is 0 Å². The van der Waals surface area contributed by atoms with Crippen LogP contribution in [-0.4, -0.2) is 55.0 Å². The Morgan fingerprint density at radius 1 is 1.46 bits per heavy atom. The van der Waals surface area contributed by atoms with E-state index in [1.54, 1.807) is 0 Å². The van der Waals surface area contributed by atoms with E-state index in [2.05, 4.69) is 10.2 Å². The van der Waals surface area contributed by atoms with Crippen molar-refractivity contribution in [2.45, 2.75) is 51.3 Å². The summed E-state index contributed by atoms with van der Waals surface area (Å²) >= 11 is 0. The van der Waals surface area contributed by atoms with Crippen molar-refractivity contribution in [2.75, 3.05) is 0 Å². The smallest absolute Gasteiger partial charge is 0.364 e. The second-order valence-electron chi connectivity index (χ2n) is 5.67. The largest absolute Gasteiger partial charge is 0.390 e. The Kier molecular flexibility index (Phi) is 5.30. The molecule has 13 heteroatoms. The lowest BCUT2D eigenvalue weighted by molar-refractivity contribution is -0.389. The van der Waals surface area contributed by atoms with Crippen LogP contribution >= 0.6 is 0 Å². The van der Waals surface area contributed by atoms with Crippen molar-refractivity contribution >= 4 is 17.4 Å². The Balaban J connectivity index is 2.44. The summed E-state index contributed by atoms with van der Waals surface area (Å²) in [6.45, 7) is 2.86. The number of carbonyl (C=O) groups excluding carboxylic acids is 1. The van der Waals surface area contributed by atoms with E-state index in [1.165, 1.54) is 13.8 Å². The van der Waals surface area contributed by atoms with E-state index in [0.717, 1.165) is 10.7 Å². The summed E-state index contributed by atoms with van der Waals surface area (Å²) in [7, 11) is 0. The van der Waals surface area contributed by atoms with Gasteiger partial charge in [-0.25, -0.2) is 17.6 Å². The molecule has 1 aromatic rings. The van der Waals surface area contributed by atoms with Gasteiger partial charge < -0.3 is 15.2 Å². The molecule has 1 amide bonds. The summed E-state index contributed by atoms with van der Waals surface area (Å²) in [5.74, 6) is -1.80. The molecule has 0 aromatic carbocycles. The summed E-state index contributed by atoms with van der Waals surface area (Å²) in [6.07, 6.45) is -8.06. The van der Waals surface area contributed by atoms with E-state index >= 15 is 0 Å². The van der Waals surface area contributed by atoms with E-state index < -0.39 is 53.4 Å². The lowest BCUT2D eigenvalue weighted by Gasteiger charge is -2.31. The fourth-order valence-electron chi connectivity index (χ4n) is 2.59. The molecule has 2 unspecified atom stereocenters. The molecule has 0 bridgehead atoms. The third-order valence-electron chi connectivity index (χ3n) is 3.91. The van der Waals surface area contributed by atoms with Crippen LogP contribution < -0.4 is 0 Å². The molecule has 0 saturated carbocycles. The van der Waals surface area contributed by atoms with Crippen LogP contribution in [0.25, 0.3) is 0 Å². The van der Waals surface area contributed by atoms with Crippen LogP contribution in [0.4, 0.5) is 23.4 Å². The number of rotatable bonds is 6. The molecule has 2 atom stereocenters. The summed E-state index contributed by atoms with van der Waals surface area (Å²) in [6, 6.07) is -0.290. The third-order valence-corrected chi connectivity index (χ3v) is 3.91. The molecule has 0 spiro atoms. The van der Waals surface area contributed by atoms with Crippen LogP contribution in [0.2, 0.25) is 0 Å². The number of aryl methyl sites for hydroxylation is 1. The fourth-order valence-corrected chi connectivity index (χ4v) is 2.59. The van der Waals surface area contributed by atoms with Crippen molar-refractivity contribution in [3.05, 3.63) is 21.9 Å². The van der Waals surface area contributed by atoms with Gasteiger partial charge in [0.2, 0.25) is 5.72 Å². The molecular weight excluding hydrogens is 366 g/mol. The lowest BCUT2D eigenvalue weighted by Crippen LogP contribution is -2.53. The maximum Gasteiger partial charge on any atom is 0.390 e. The number of nitro groups is 1. The van der Waals surface area contributed by atoms with Gasteiger partial charge in [0, 0.05) is 6.42 Å². The number of hydrazone groups is 1. The monoisotopic (exact) mass is 381 g/mol. The highest BCUT2D eigenvalue weighted by Crippen LogP contribution is 2.35. The van der Waals surface area contributed by atoms with Gasteiger partial charge >= 0.3 is 5.82 Å². The van der Waals surface area contributed by atoms with Crippen molar-refractivity contribution in [1.82, 2.24) is 14.8 Å². The summed E-state index contributed by atoms with van der Waals surface area (Å²) in [5.41, 5.74) is -4.10. The summed E-state index contributed by atoms with van der Waals surface area (Å²) < 4.78 is 53.1. The minimum Gasteiger partial charge on any atom is -0.364 e. The van der Waals surface area contributed by atoms with Gasteiger partial charge in [0.25, 0.3) is 18.8 Å². The Labute approximate surface area is 144 Å². The van der Waals surface area contributed by atoms with Crippen LogP contribution in [0.1, 0.15) is 31.5 Å². The Hall–Kier alpha value is -2.57. The minimum absolute atomic E-state index is 0.0616. The van der Waals surface area contributed by atoms with E-state index in [4.69, 9.17) is 0 Å². The van der Waals surface area contributed by atoms with Crippen LogP contribution in [0, 0.1) is 17.0 Å². The summed E-state index contributed by atoms with van der Waals surface area (Å²) in [4.78, 5) is 22.6. The first-order valence-corrected chi connectivity index (χ1v) is 7.43. The average molecular weight is 381 g/mol. The highest BCUT2D eigenvalue weighted by molar-refractivity contribution is 5.93. The number of amides is 1. The lowest BCUT2D eigenvalue weighted by atomic mass is 10.1. The first kappa shape index (κ1) is 19.8. The maximum atomic E-state index is 13.3. The predicted octanol–water partition coefficient (Wildman–Crippen LogP) is 1.86. The van der Waals surface area contributed by atoms with Gasteiger partial charge in [-0.3, -0.25) is 4.79 Å². The zero-order chi connectivity index (χ0) is 19.8. The number of hydrogen-bond donors (Lipinski definition) is 1. The number of carbonyl (C=O) groups is 1. The topological polar surface area (TPSA) is 114 Å². The molecule has 26 heavy (non-hydrogen) atoms. The molecule has 0 fully saturated rings. The molecule has 9 nitrogen and oxygen atoms in total. The van der Waals surface area contributed by atoms with Crippen molar-refractivity contribution in [3.8, 4) is 0 Å². The van der Waals surface area contributed by atoms with Gasteiger partial charge in [0.1, 0.15) is 5.71 Å². The first-order chi connectivity index (χ1) is 12.0. The van der Waals surface area contributed by atoms with E-state index in [9.17, 15) is 37.6 Å². The molecule has 144 valence electrons. The normalized spacial score (nSPS) is 21.4. The summed E-state index contributed by atoms with van der Waals surface area (Å²) in [5, 5.41) is 27.6. The van der Waals surface area contributed by atoms with Gasteiger partial charge in [-0.05, 0) is 18.3 Å². The van der Waals surface area contributed by atoms with Crippen LogP contribution in [0.15, 0.2) is 11.2 Å².